The molecule has 5 N–H and O–H groups in total. The van der Waals surface area contributed by atoms with Crippen molar-refractivity contribution < 1.29 is 13.6 Å². The fourth-order valence-electron chi connectivity index (χ4n) is 3.34. The SMILES string of the molecule is C/C(N)=C(/SN)c1nn(C)c(NC(=O)C2CC(F)(F)C2)c1C1CCC1. The Bertz CT molecular complexity index is 714. The minimum Gasteiger partial charge on any atom is -0.401 e. The molecule has 138 valence electrons. The molecule has 1 heterocycles. The van der Waals surface area contributed by atoms with Gasteiger partial charge in [-0.15, -0.1) is 0 Å². The van der Waals surface area contributed by atoms with Gasteiger partial charge in [0.1, 0.15) is 11.5 Å². The number of rotatable bonds is 5. The third-order valence-electron chi connectivity index (χ3n) is 4.99. The third-order valence-corrected chi connectivity index (χ3v) is 5.74. The van der Waals surface area contributed by atoms with Gasteiger partial charge in [-0.1, -0.05) is 6.42 Å². The molecule has 0 saturated heterocycles. The van der Waals surface area contributed by atoms with Crippen LogP contribution in [0.2, 0.25) is 0 Å². The van der Waals surface area contributed by atoms with Crippen molar-refractivity contribution in [2.24, 2.45) is 23.8 Å². The van der Waals surface area contributed by atoms with Gasteiger partial charge in [-0.3, -0.25) is 14.6 Å². The first-order valence-corrected chi connectivity index (χ1v) is 9.20. The molecule has 2 aliphatic rings. The van der Waals surface area contributed by atoms with Crippen molar-refractivity contribution in [3.8, 4) is 0 Å². The molecule has 6 nitrogen and oxygen atoms in total. The number of carbonyl (C=O) groups excluding carboxylic acids is 1. The van der Waals surface area contributed by atoms with Crippen molar-refractivity contribution in [1.82, 2.24) is 9.78 Å². The summed E-state index contributed by atoms with van der Waals surface area (Å²) in [7, 11) is 1.72. The first-order valence-electron chi connectivity index (χ1n) is 8.32. The lowest BCUT2D eigenvalue weighted by molar-refractivity contribution is -0.145. The van der Waals surface area contributed by atoms with Crippen molar-refractivity contribution >= 4 is 28.6 Å². The van der Waals surface area contributed by atoms with Crippen LogP contribution < -0.4 is 16.2 Å². The molecule has 0 spiro atoms. The molecule has 0 atom stereocenters. The predicted octanol–water partition coefficient (Wildman–Crippen LogP) is 2.93. The van der Waals surface area contributed by atoms with E-state index in [0.29, 0.717) is 22.1 Å². The monoisotopic (exact) mass is 371 g/mol. The van der Waals surface area contributed by atoms with Gasteiger partial charge >= 0.3 is 0 Å². The number of allylic oxidation sites excluding steroid dienone is 1. The molecular formula is C16H23F2N5OS. The normalized spacial score (nSPS) is 21.3. The number of anilines is 1. The fraction of sp³-hybridized carbons (Fsp3) is 0.625. The fourth-order valence-corrected chi connectivity index (χ4v) is 3.79. The lowest BCUT2D eigenvalue weighted by atomic mass is 9.79. The van der Waals surface area contributed by atoms with E-state index in [2.05, 4.69) is 10.4 Å². The van der Waals surface area contributed by atoms with Crippen LogP contribution in [0.25, 0.3) is 4.91 Å². The molecule has 1 amide bonds. The van der Waals surface area contributed by atoms with Crippen LogP contribution in [0, 0.1) is 5.92 Å². The summed E-state index contributed by atoms with van der Waals surface area (Å²) >= 11 is 1.03. The second-order valence-corrected chi connectivity index (χ2v) is 7.59. The van der Waals surface area contributed by atoms with E-state index in [1.54, 1.807) is 18.7 Å². The molecule has 3 rings (SSSR count). The summed E-state index contributed by atoms with van der Waals surface area (Å²) in [6.07, 6.45) is 2.31. The van der Waals surface area contributed by atoms with Gasteiger partial charge in [0.25, 0.3) is 0 Å². The van der Waals surface area contributed by atoms with Crippen LogP contribution in [0.1, 0.15) is 56.2 Å². The van der Waals surface area contributed by atoms with Gasteiger partial charge in [-0.25, -0.2) is 8.78 Å². The van der Waals surface area contributed by atoms with Crippen molar-refractivity contribution in [2.45, 2.75) is 50.9 Å². The van der Waals surface area contributed by atoms with Gasteiger partial charge in [-0.05, 0) is 37.6 Å². The van der Waals surface area contributed by atoms with Gasteiger partial charge in [-0.2, -0.15) is 5.10 Å². The van der Waals surface area contributed by atoms with Crippen LogP contribution in [-0.4, -0.2) is 21.6 Å². The summed E-state index contributed by atoms with van der Waals surface area (Å²) in [5.41, 5.74) is 8.08. The molecule has 0 unspecified atom stereocenters. The number of hydrogen-bond acceptors (Lipinski definition) is 5. The van der Waals surface area contributed by atoms with E-state index in [-0.39, 0.29) is 11.8 Å². The van der Waals surface area contributed by atoms with E-state index in [4.69, 9.17) is 10.9 Å². The number of amides is 1. The van der Waals surface area contributed by atoms with Crippen molar-refractivity contribution in [3.63, 3.8) is 0 Å². The van der Waals surface area contributed by atoms with Gasteiger partial charge in [0, 0.05) is 37.1 Å². The minimum atomic E-state index is -2.72. The summed E-state index contributed by atoms with van der Waals surface area (Å²) in [6.45, 7) is 1.75. The van der Waals surface area contributed by atoms with Crippen LogP contribution in [-0.2, 0) is 11.8 Å². The maximum absolute atomic E-state index is 13.0. The average molecular weight is 371 g/mol. The quantitative estimate of drug-likeness (QED) is 0.691. The number of nitrogens with two attached hydrogens (primary N) is 2. The number of carbonyl (C=O) groups is 1. The molecule has 1 aromatic heterocycles. The number of hydrogen-bond donors (Lipinski definition) is 3. The van der Waals surface area contributed by atoms with Crippen LogP contribution in [0.4, 0.5) is 14.6 Å². The van der Waals surface area contributed by atoms with Crippen molar-refractivity contribution in [1.29, 1.82) is 0 Å². The lowest BCUT2D eigenvalue weighted by Gasteiger charge is -2.34. The summed E-state index contributed by atoms with van der Waals surface area (Å²) in [5.74, 6) is -2.93. The van der Waals surface area contributed by atoms with E-state index in [1.807, 2.05) is 0 Å². The topological polar surface area (TPSA) is 99.0 Å². The number of nitrogens with one attached hydrogen (secondary N) is 1. The van der Waals surface area contributed by atoms with Gasteiger partial charge in [0.2, 0.25) is 11.8 Å². The highest BCUT2D eigenvalue weighted by Gasteiger charge is 2.49. The van der Waals surface area contributed by atoms with E-state index in [1.165, 1.54) is 0 Å². The highest BCUT2D eigenvalue weighted by molar-refractivity contribution is 8.06. The van der Waals surface area contributed by atoms with Gasteiger partial charge in [0.15, 0.2) is 0 Å². The second-order valence-electron chi connectivity index (χ2n) is 6.94. The predicted molar refractivity (Wildman–Crippen MR) is 94.7 cm³/mol. The zero-order chi connectivity index (χ0) is 18.4. The molecule has 2 aliphatic carbocycles. The summed E-state index contributed by atoms with van der Waals surface area (Å²) in [6, 6.07) is 0. The Labute approximate surface area is 149 Å². The Hall–Kier alpha value is -1.61. The first-order chi connectivity index (χ1) is 11.7. The molecule has 0 aliphatic heterocycles. The Morgan fingerprint density at radius 2 is 2.04 bits per heavy atom. The number of nitrogens with zero attached hydrogens (tertiary/aromatic N) is 2. The summed E-state index contributed by atoms with van der Waals surface area (Å²) in [5, 5.41) is 13.1. The number of alkyl halides is 2. The molecule has 9 heteroatoms. The largest absolute Gasteiger partial charge is 0.401 e. The van der Waals surface area contributed by atoms with E-state index in [0.717, 1.165) is 36.8 Å². The van der Waals surface area contributed by atoms with E-state index >= 15 is 0 Å². The van der Waals surface area contributed by atoms with Crippen molar-refractivity contribution in [3.05, 3.63) is 17.0 Å². The smallest absolute Gasteiger partial charge is 0.249 e. The molecule has 0 bridgehead atoms. The van der Waals surface area contributed by atoms with E-state index < -0.39 is 24.7 Å². The molecule has 0 aromatic carbocycles. The lowest BCUT2D eigenvalue weighted by Crippen LogP contribution is -2.42. The highest BCUT2D eigenvalue weighted by Crippen LogP contribution is 2.46. The maximum Gasteiger partial charge on any atom is 0.249 e. The molecule has 2 fully saturated rings. The van der Waals surface area contributed by atoms with Gasteiger partial charge in [0.05, 0.1) is 4.91 Å². The first kappa shape index (κ1) is 18.2. The second kappa shape index (κ2) is 6.60. The van der Waals surface area contributed by atoms with E-state index in [9.17, 15) is 13.6 Å². The number of aryl methyl sites for hydroxylation is 1. The molecule has 1 aromatic rings. The Morgan fingerprint density at radius 1 is 1.40 bits per heavy atom. The molecule has 0 radical (unpaired) electrons. The van der Waals surface area contributed by atoms with Crippen LogP contribution in [0.5, 0.6) is 0 Å². The average Bonchev–Trinajstić information content (AvgIpc) is 2.72. The standard InChI is InChI=1S/C16H23F2N5OS/c1-8(19)13(25-20)12-11(9-4-3-5-9)14(23(2)22-12)21-15(24)10-6-16(17,18)7-10/h9-10H,3-7,19-20H2,1-2H3,(H,21,24)/b13-8-. The van der Waals surface area contributed by atoms with Crippen LogP contribution in [0.3, 0.4) is 0 Å². The van der Waals surface area contributed by atoms with Crippen molar-refractivity contribution in [2.75, 3.05) is 5.32 Å². The minimum absolute atomic E-state index is 0.267. The Morgan fingerprint density at radius 3 is 2.48 bits per heavy atom. The van der Waals surface area contributed by atoms with Crippen LogP contribution in [0.15, 0.2) is 5.70 Å². The summed E-state index contributed by atoms with van der Waals surface area (Å²) < 4.78 is 27.7. The molecule has 25 heavy (non-hydrogen) atoms. The number of halogens is 2. The van der Waals surface area contributed by atoms with Gasteiger partial charge < -0.3 is 11.1 Å². The molecule has 2 saturated carbocycles. The Balaban J connectivity index is 1.92. The zero-order valence-electron chi connectivity index (χ0n) is 14.3. The third kappa shape index (κ3) is 3.39. The number of aromatic nitrogens is 2. The highest BCUT2D eigenvalue weighted by atomic mass is 32.2. The molecular weight excluding hydrogens is 348 g/mol. The summed E-state index contributed by atoms with van der Waals surface area (Å²) in [4.78, 5) is 13.0. The maximum atomic E-state index is 13.0. The zero-order valence-corrected chi connectivity index (χ0v) is 15.1. The van der Waals surface area contributed by atoms with Crippen LogP contribution >= 0.6 is 11.9 Å². The Kier molecular flexibility index (Phi) is 4.80.